The lowest BCUT2D eigenvalue weighted by atomic mass is 10.1. The van der Waals surface area contributed by atoms with Crippen LogP contribution in [0.5, 0.6) is 0 Å². The summed E-state index contributed by atoms with van der Waals surface area (Å²) >= 11 is 0. The van der Waals surface area contributed by atoms with Gasteiger partial charge in [-0.1, -0.05) is 5.16 Å². The van der Waals surface area contributed by atoms with Crippen LogP contribution in [0.15, 0.2) is 16.9 Å². The van der Waals surface area contributed by atoms with Crippen LogP contribution in [0, 0.1) is 0 Å². The van der Waals surface area contributed by atoms with E-state index in [-0.39, 0.29) is 0 Å². The number of hydrogen-bond acceptors (Lipinski definition) is 8. The number of nitrogens with two attached hydrogens (primary N) is 1. The normalized spacial score (nSPS) is 20.8. The molecule has 1 unspecified atom stereocenters. The largest absolute Gasteiger partial charge is 0.382 e. The standard InChI is InChI=1S/C13H19N7O/c1-19-5-6-20(2)9(8-19)7-10-17-13(21-18-10)11-12(14)16-4-3-15-11/h3-4,9H,5-8H2,1-2H3,(H2,14,16). The summed E-state index contributed by atoms with van der Waals surface area (Å²) in [5, 5.41) is 4.03. The topological polar surface area (TPSA) is 97.2 Å². The lowest BCUT2D eigenvalue weighted by molar-refractivity contribution is 0.113. The van der Waals surface area contributed by atoms with Crippen molar-refractivity contribution in [3.63, 3.8) is 0 Å². The SMILES string of the molecule is CN1CCN(C)C(Cc2noc(-c3nccnc3N)n2)C1. The van der Waals surface area contributed by atoms with Gasteiger partial charge in [-0.3, -0.25) is 0 Å². The van der Waals surface area contributed by atoms with Gasteiger partial charge in [0.25, 0.3) is 5.89 Å². The second-order valence-corrected chi connectivity index (χ2v) is 5.41. The zero-order valence-corrected chi connectivity index (χ0v) is 12.2. The van der Waals surface area contributed by atoms with Gasteiger partial charge < -0.3 is 20.1 Å². The molecule has 2 aromatic rings. The van der Waals surface area contributed by atoms with Crippen molar-refractivity contribution in [1.82, 2.24) is 29.9 Å². The molecule has 0 bridgehead atoms. The van der Waals surface area contributed by atoms with Gasteiger partial charge in [0.15, 0.2) is 17.3 Å². The Balaban J connectivity index is 1.75. The van der Waals surface area contributed by atoms with Crippen LogP contribution >= 0.6 is 0 Å². The predicted octanol–water partition coefficient (Wildman–Crippen LogP) is -0.103. The van der Waals surface area contributed by atoms with E-state index >= 15 is 0 Å². The molecular formula is C13H19N7O. The zero-order chi connectivity index (χ0) is 14.8. The minimum Gasteiger partial charge on any atom is -0.382 e. The molecule has 0 saturated carbocycles. The van der Waals surface area contributed by atoms with Gasteiger partial charge in [0.1, 0.15) is 0 Å². The highest BCUT2D eigenvalue weighted by Crippen LogP contribution is 2.20. The Morgan fingerprint density at radius 2 is 2.10 bits per heavy atom. The number of nitrogen functional groups attached to an aromatic ring is 1. The van der Waals surface area contributed by atoms with Gasteiger partial charge in [-0.2, -0.15) is 4.98 Å². The number of rotatable bonds is 3. The van der Waals surface area contributed by atoms with E-state index in [0.29, 0.717) is 29.3 Å². The van der Waals surface area contributed by atoms with Crippen molar-refractivity contribution in [2.24, 2.45) is 0 Å². The van der Waals surface area contributed by atoms with Crippen molar-refractivity contribution in [3.8, 4) is 11.6 Å². The van der Waals surface area contributed by atoms with Crippen molar-refractivity contribution in [1.29, 1.82) is 0 Å². The Morgan fingerprint density at radius 3 is 2.90 bits per heavy atom. The first-order valence-electron chi connectivity index (χ1n) is 6.91. The minimum atomic E-state index is 0.294. The van der Waals surface area contributed by atoms with Crippen molar-refractivity contribution in [2.75, 3.05) is 39.5 Å². The van der Waals surface area contributed by atoms with Gasteiger partial charge in [-0.25, -0.2) is 9.97 Å². The summed E-state index contributed by atoms with van der Waals surface area (Å²) in [4.78, 5) is 17.1. The molecule has 0 aromatic carbocycles. The Morgan fingerprint density at radius 1 is 1.29 bits per heavy atom. The summed E-state index contributed by atoms with van der Waals surface area (Å²) in [6.45, 7) is 3.12. The lowest BCUT2D eigenvalue weighted by Crippen LogP contribution is -2.50. The summed E-state index contributed by atoms with van der Waals surface area (Å²) in [6.07, 6.45) is 3.83. The average Bonchev–Trinajstić information content (AvgIpc) is 2.92. The minimum absolute atomic E-state index is 0.294. The lowest BCUT2D eigenvalue weighted by Gasteiger charge is -2.37. The fourth-order valence-corrected chi connectivity index (χ4v) is 2.48. The number of piperazine rings is 1. The molecule has 112 valence electrons. The maximum Gasteiger partial charge on any atom is 0.280 e. The zero-order valence-electron chi connectivity index (χ0n) is 12.2. The quantitative estimate of drug-likeness (QED) is 0.836. The fraction of sp³-hybridized carbons (Fsp3) is 0.538. The van der Waals surface area contributed by atoms with E-state index < -0.39 is 0 Å². The Kier molecular flexibility index (Phi) is 3.80. The molecule has 0 aliphatic carbocycles. The van der Waals surface area contributed by atoms with Crippen LogP contribution in [-0.4, -0.2) is 69.7 Å². The van der Waals surface area contributed by atoms with E-state index in [4.69, 9.17) is 10.3 Å². The van der Waals surface area contributed by atoms with Crippen molar-refractivity contribution in [2.45, 2.75) is 12.5 Å². The molecule has 1 fully saturated rings. The number of likely N-dealkylation sites (N-methyl/N-ethyl adjacent to an activating group) is 2. The van der Waals surface area contributed by atoms with Crippen LogP contribution < -0.4 is 5.73 Å². The van der Waals surface area contributed by atoms with Gasteiger partial charge in [-0.15, -0.1) is 0 Å². The second-order valence-electron chi connectivity index (χ2n) is 5.41. The molecule has 1 saturated heterocycles. The number of aromatic nitrogens is 4. The molecule has 0 radical (unpaired) electrons. The Labute approximate surface area is 123 Å². The first-order chi connectivity index (χ1) is 10.1. The molecule has 3 rings (SSSR count). The molecule has 3 heterocycles. The molecule has 21 heavy (non-hydrogen) atoms. The molecule has 1 aliphatic heterocycles. The summed E-state index contributed by atoms with van der Waals surface area (Å²) < 4.78 is 5.26. The van der Waals surface area contributed by atoms with Gasteiger partial charge in [0.05, 0.1) is 0 Å². The summed E-state index contributed by atoms with van der Waals surface area (Å²) in [6, 6.07) is 0.383. The molecule has 0 amide bonds. The van der Waals surface area contributed by atoms with Crippen LogP contribution in [0.3, 0.4) is 0 Å². The summed E-state index contributed by atoms with van der Waals surface area (Å²) in [5.41, 5.74) is 6.21. The third kappa shape index (κ3) is 3.01. The van der Waals surface area contributed by atoms with Gasteiger partial charge in [0, 0.05) is 44.5 Å². The Hall–Kier alpha value is -2.06. The number of hydrogen-bond donors (Lipinski definition) is 1. The first-order valence-corrected chi connectivity index (χ1v) is 6.91. The molecule has 1 aliphatic rings. The van der Waals surface area contributed by atoms with E-state index in [2.05, 4.69) is 44.0 Å². The smallest absolute Gasteiger partial charge is 0.280 e. The first kappa shape index (κ1) is 13.9. The highest BCUT2D eigenvalue weighted by molar-refractivity contribution is 5.61. The van der Waals surface area contributed by atoms with Gasteiger partial charge in [0.2, 0.25) is 0 Å². The van der Waals surface area contributed by atoms with E-state index in [1.165, 1.54) is 6.20 Å². The molecule has 8 nitrogen and oxygen atoms in total. The van der Waals surface area contributed by atoms with Gasteiger partial charge >= 0.3 is 0 Å². The predicted molar refractivity (Wildman–Crippen MR) is 77.4 cm³/mol. The molecule has 2 aromatic heterocycles. The number of anilines is 1. The molecular weight excluding hydrogens is 270 g/mol. The Bertz CT molecular complexity index is 614. The van der Waals surface area contributed by atoms with Crippen molar-refractivity contribution in [3.05, 3.63) is 18.2 Å². The van der Waals surface area contributed by atoms with Crippen LogP contribution in [-0.2, 0) is 6.42 Å². The third-order valence-corrected chi connectivity index (χ3v) is 3.80. The molecule has 1 atom stereocenters. The van der Waals surface area contributed by atoms with Crippen LogP contribution in [0.25, 0.3) is 11.6 Å². The van der Waals surface area contributed by atoms with Crippen molar-refractivity contribution < 1.29 is 4.52 Å². The van der Waals surface area contributed by atoms with Crippen LogP contribution in [0.4, 0.5) is 5.82 Å². The molecule has 0 spiro atoms. The second kappa shape index (κ2) is 5.74. The van der Waals surface area contributed by atoms with E-state index in [1.54, 1.807) is 6.20 Å². The monoisotopic (exact) mass is 289 g/mol. The van der Waals surface area contributed by atoms with E-state index in [9.17, 15) is 0 Å². The third-order valence-electron chi connectivity index (χ3n) is 3.80. The number of nitrogens with zero attached hydrogens (tertiary/aromatic N) is 6. The summed E-state index contributed by atoms with van der Waals surface area (Å²) in [5.74, 6) is 1.28. The maximum atomic E-state index is 5.77. The van der Waals surface area contributed by atoms with E-state index in [0.717, 1.165) is 26.1 Å². The molecule has 2 N–H and O–H groups in total. The molecule has 8 heteroatoms. The average molecular weight is 289 g/mol. The highest BCUT2D eigenvalue weighted by atomic mass is 16.5. The van der Waals surface area contributed by atoms with Crippen LogP contribution in [0.2, 0.25) is 0 Å². The summed E-state index contributed by atoms with van der Waals surface area (Å²) in [7, 11) is 4.25. The highest BCUT2D eigenvalue weighted by Gasteiger charge is 2.24. The fourth-order valence-electron chi connectivity index (χ4n) is 2.48. The maximum absolute atomic E-state index is 5.77. The van der Waals surface area contributed by atoms with Gasteiger partial charge in [-0.05, 0) is 14.1 Å². The van der Waals surface area contributed by atoms with Crippen molar-refractivity contribution >= 4 is 5.82 Å². The van der Waals surface area contributed by atoms with E-state index in [1.807, 2.05) is 0 Å². The van der Waals surface area contributed by atoms with Crippen LogP contribution in [0.1, 0.15) is 5.82 Å².